The Morgan fingerprint density at radius 2 is 2.35 bits per heavy atom. The van der Waals surface area contributed by atoms with Gasteiger partial charge in [-0.2, -0.15) is 5.10 Å². The van der Waals surface area contributed by atoms with Crippen LogP contribution in [0, 0.1) is 0 Å². The van der Waals surface area contributed by atoms with E-state index >= 15 is 0 Å². The van der Waals surface area contributed by atoms with Gasteiger partial charge in [0.25, 0.3) is 0 Å². The van der Waals surface area contributed by atoms with Gasteiger partial charge in [-0.1, -0.05) is 0 Å². The smallest absolute Gasteiger partial charge is 0.246 e. The third kappa shape index (κ3) is 6.70. The number of methoxy groups -OCH3 is 1. The van der Waals surface area contributed by atoms with Gasteiger partial charge in [0.15, 0.2) is 0 Å². The highest BCUT2D eigenvalue weighted by molar-refractivity contribution is 5.77. The van der Waals surface area contributed by atoms with Crippen molar-refractivity contribution < 1.29 is 14.3 Å². The number of aromatic nitrogens is 2. The standard InChI is InChI=1S/C11H19N3O3/c1-16-8-9-17-10-11(15)12-4-2-6-14-7-3-5-13-14/h3,5,7H,2,4,6,8-10H2,1H3,(H,12,15). The van der Waals surface area contributed by atoms with E-state index in [-0.39, 0.29) is 12.5 Å². The van der Waals surface area contributed by atoms with Crippen molar-refractivity contribution in [3.8, 4) is 0 Å². The molecule has 96 valence electrons. The van der Waals surface area contributed by atoms with Crippen molar-refractivity contribution in [3.05, 3.63) is 18.5 Å². The number of nitrogens with zero attached hydrogens (tertiary/aromatic N) is 2. The zero-order valence-electron chi connectivity index (χ0n) is 10.1. The van der Waals surface area contributed by atoms with E-state index in [9.17, 15) is 4.79 Å². The van der Waals surface area contributed by atoms with E-state index in [2.05, 4.69) is 10.4 Å². The molecule has 17 heavy (non-hydrogen) atoms. The lowest BCUT2D eigenvalue weighted by molar-refractivity contribution is -0.126. The number of nitrogens with one attached hydrogen (secondary N) is 1. The van der Waals surface area contributed by atoms with Crippen LogP contribution in [0.3, 0.4) is 0 Å². The number of hydrogen-bond donors (Lipinski definition) is 1. The first-order valence-electron chi connectivity index (χ1n) is 5.63. The molecule has 0 radical (unpaired) electrons. The summed E-state index contributed by atoms with van der Waals surface area (Å²) >= 11 is 0. The van der Waals surface area contributed by atoms with Gasteiger partial charge in [0.2, 0.25) is 5.91 Å². The van der Waals surface area contributed by atoms with Crippen molar-refractivity contribution in [1.82, 2.24) is 15.1 Å². The predicted molar refractivity (Wildman–Crippen MR) is 62.5 cm³/mol. The van der Waals surface area contributed by atoms with Crippen LogP contribution in [0.1, 0.15) is 6.42 Å². The number of hydrogen-bond acceptors (Lipinski definition) is 4. The first kappa shape index (κ1) is 13.7. The van der Waals surface area contributed by atoms with Crippen LogP contribution in [0.15, 0.2) is 18.5 Å². The highest BCUT2D eigenvalue weighted by Gasteiger charge is 2.00. The van der Waals surface area contributed by atoms with Crippen molar-refractivity contribution in [1.29, 1.82) is 0 Å². The molecule has 1 amide bonds. The predicted octanol–water partition coefficient (Wildman–Crippen LogP) is 0.0524. The molecule has 0 aliphatic carbocycles. The van der Waals surface area contributed by atoms with Crippen LogP contribution in [-0.2, 0) is 20.8 Å². The van der Waals surface area contributed by atoms with Gasteiger partial charge in [0.1, 0.15) is 6.61 Å². The van der Waals surface area contributed by atoms with Gasteiger partial charge in [-0.15, -0.1) is 0 Å². The molecule has 6 heteroatoms. The fraction of sp³-hybridized carbons (Fsp3) is 0.636. The highest BCUT2D eigenvalue weighted by atomic mass is 16.5. The molecule has 1 heterocycles. The molecule has 0 saturated carbocycles. The molecule has 0 aliphatic rings. The van der Waals surface area contributed by atoms with Crippen molar-refractivity contribution in [2.75, 3.05) is 33.5 Å². The molecule has 0 aromatic carbocycles. The van der Waals surface area contributed by atoms with Gasteiger partial charge >= 0.3 is 0 Å². The third-order valence-electron chi connectivity index (χ3n) is 2.11. The molecule has 1 aromatic heterocycles. The molecular weight excluding hydrogens is 222 g/mol. The number of carbonyl (C=O) groups is 1. The van der Waals surface area contributed by atoms with Crippen LogP contribution in [0.25, 0.3) is 0 Å². The first-order chi connectivity index (χ1) is 8.33. The number of aryl methyl sites for hydroxylation is 1. The molecule has 1 N–H and O–H groups in total. The maximum Gasteiger partial charge on any atom is 0.246 e. The number of carbonyl (C=O) groups excluding carboxylic acids is 1. The average molecular weight is 241 g/mol. The quantitative estimate of drug-likeness (QED) is 0.621. The Balaban J connectivity index is 1.93. The minimum Gasteiger partial charge on any atom is -0.382 e. The van der Waals surface area contributed by atoms with Gasteiger partial charge in [-0.25, -0.2) is 0 Å². The first-order valence-corrected chi connectivity index (χ1v) is 5.63. The zero-order valence-corrected chi connectivity index (χ0v) is 10.1. The number of amides is 1. The number of rotatable bonds is 9. The Morgan fingerprint density at radius 3 is 3.06 bits per heavy atom. The van der Waals surface area contributed by atoms with Gasteiger partial charge in [-0.3, -0.25) is 9.48 Å². The van der Waals surface area contributed by atoms with E-state index < -0.39 is 0 Å². The molecule has 0 unspecified atom stereocenters. The summed E-state index contributed by atoms with van der Waals surface area (Å²) in [4.78, 5) is 11.3. The van der Waals surface area contributed by atoms with Gasteiger partial charge in [0.05, 0.1) is 13.2 Å². The largest absolute Gasteiger partial charge is 0.382 e. The third-order valence-corrected chi connectivity index (χ3v) is 2.11. The Labute approximate surface area is 101 Å². The van der Waals surface area contributed by atoms with Crippen molar-refractivity contribution in [2.24, 2.45) is 0 Å². The Hall–Kier alpha value is -1.40. The van der Waals surface area contributed by atoms with Crippen molar-refractivity contribution in [3.63, 3.8) is 0 Å². The van der Waals surface area contributed by atoms with Gasteiger partial charge < -0.3 is 14.8 Å². The van der Waals surface area contributed by atoms with Crippen LogP contribution in [0.5, 0.6) is 0 Å². The fourth-order valence-electron chi connectivity index (χ4n) is 1.26. The van der Waals surface area contributed by atoms with E-state index in [4.69, 9.17) is 9.47 Å². The second kappa shape index (κ2) is 8.72. The fourth-order valence-corrected chi connectivity index (χ4v) is 1.26. The maximum atomic E-state index is 11.3. The minimum atomic E-state index is -0.0958. The zero-order chi connectivity index (χ0) is 12.3. The molecule has 0 aliphatic heterocycles. The van der Waals surface area contributed by atoms with E-state index in [0.29, 0.717) is 19.8 Å². The van der Waals surface area contributed by atoms with Crippen molar-refractivity contribution >= 4 is 5.91 Å². The van der Waals surface area contributed by atoms with Crippen LogP contribution < -0.4 is 5.32 Å². The lowest BCUT2D eigenvalue weighted by Gasteiger charge is -2.06. The molecule has 6 nitrogen and oxygen atoms in total. The second-order valence-corrected chi connectivity index (χ2v) is 3.52. The van der Waals surface area contributed by atoms with Crippen LogP contribution >= 0.6 is 0 Å². The Morgan fingerprint density at radius 1 is 1.47 bits per heavy atom. The summed E-state index contributed by atoms with van der Waals surface area (Å²) in [6.45, 7) is 2.47. The minimum absolute atomic E-state index is 0.0884. The van der Waals surface area contributed by atoms with Crippen LogP contribution in [-0.4, -0.2) is 49.2 Å². The molecule has 0 fully saturated rings. The molecule has 0 bridgehead atoms. The molecule has 0 atom stereocenters. The summed E-state index contributed by atoms with van der Waals surface area (Å²) in [6.07, 6.45) is 4.49. The topological polar surface area (TPSA) is 65.4 Å². The van der Waals surface area contributed by atoms with Gasteiger partial charge in [-0.05, 0) is 12.5 Å². The lowest BCUT2D eigenvalue weighted by atomic mass is 10.4. The van der Waals surface area contributed by atoms with E-state index in [0.717, 1.165) is 13.0 Å². The Bertz CT molecular complexity index is 301. The summed E-state index contributed by atoms with van der Waals surface area (Å²) in [5, 5.41) is 6.84. The average Bonchev–Trinajstić information content (AvgIpc) is 2.83. The Kier molecular flexibility index (Phi) is 7.01. The van der Waals surface area contributed by atoms with Crippen LogP contribution in [0.2, 0.25) is 0 Å². The highest BCUT2D eigenvalue weighted by Crippen LogP contribution is 1.88. The van der Waals surface area contributed by atoms with Gasteiger partial charge in [0, 0.05) is 32.6 Å². The summed E-state index contributed by atoms with van der Waals surface area (Å²) < 4.78 is 11.7. The molecule has 0 saturated heterocycles. The molecule has 1 aromatic rings. The molecular formula is C11H19N3O3. The summed E-state index contributed by atoms with van der Waals surface area (Å²) in [5.41, 5.74) is 0. The summed E-state index contributed by atoms with van der Waals surface area (Å²) in [5.74, 6) is -0.0958. The lowest BCUT2D eigenvalue weighted by Crippen LogP contribution is -2.29. The summed E-state index contributed by atoms with van der Waals surface area (Å²) in [6, 6.07) is 1.88. The SMILES string of the molecule is COCCOCC(=O)NCCCn1cccn1. The number of ether oxygens (including phenoxy) is 2. The molecule has 1 rings (SSSR count). The molecule has 0 spiro atoms. The van der Waals surface area contributed by atoms with E-state index in [1.165, 1.54) is 0 Å². The normalized spacial score (nSPS) is 10.4. The van der Waals surface area contributed by atoms with Crippen molar-refractivity contribution in [2.45, 2.75) is 13.0 Å². The van der Waals surface area contributed by atoms with E-state index in [1.54, 1.807) is 13.3 Å². The van der Waals surface area contributed by atoms with Crippen LogP contribution in [0.4, 0.5) is 0 Å². The van der Waals surface area contributed by atoms with E-state index in [1.807, 2.05) is 16.9 Å². The maximum absolute atomic E-state index is 11.3. The monoisotopic (exact) mass is 241 g/mol. The second-order valence-electron chi connectivity index (χ2n) is 3.52. The summed E-state index contributed by atoms with van der Waals surface area (Å²) in [7, 11) is 1.60.